The second-order valence-corrected chi connectivity index (χ2v) is 3.74. The number of carbonyl (C=O) groups is 2. The van der Waals surface area contributed by atoms with Gasteiger partial charge in [-0.05, 0) is 12.1 Å². The van der Waals surface area contributed by atoms with Gasteiger partial charge in [0.05, 0.1) is 23.7 Å². The van der Waals surface area contributed by atoms with Gasteiger partial charge in [0.2, 0.25) is 5.91 Å². The van der Waals surface area contributed by atoms with Gasteiger partial charge < -0.3 is 20.1 Å². The molecular weight excluding hydrogens is 236 g/mol. The van der Waals surface area contributed by atoms with Gasteiger partial charge in [0, 0.05) is 6.92 Å². The fourth-order valence-corrected chi connectivity index (χ4v) is 1.85. The summed E-state index contributed by atoms with van der Waals surface area (Å²) in [4.78, 5) is 25.1. The molecule has 0 radical (unpaired) electrons. The second kappa shape index (κ2) is 4.40. The number of benzene rings is 1. The smallest absolute Gasteiger partial charge is 0.354 e. The number of amides is 1. The van der Waals surface area contributed by atoms with Crippen LogP contribution in [0.15, 0.2) is 18.2 Å². The fourth-order valence-electron chi connectivity index (χ4n) is 1.85. The number of methoxy groups -OCH3 is 1. The number of fused-ring (bicyclic) bond motifs is 1. The number of aromatic amines is 1. The molecule has 0 spiro atoms. The predicted molar refractivity (Wildman–Crippen MR) is 66.1 cm³/mol. The van der Waals surface area contributed by atoms with Crippen molar-refractivity contribution in [1.82, 2.24) is 4.98 Å². The van der Waals surface area contributed by atoms with Gasteiger partial charge in [-0.2, -0.15) is 0 Å². The Bertz CT molecular complexity index is 630. The molecule has 0 aliphatic heterocycles. The van der Waals surface area contributed by atoms with Crippen molar-refractivity contribution in [2.24, 2.45) is 0 Å². The Morgan fingerprint density at radius 3 is 2.67 bits per heavy atom. The van der Waals surface area contributed by atoms with E-state index in [2.05, 4.69) is 10.3 Å². The molecule has 0 bridgehead atoms. The van der Waals surface area contributed by atoms with Crippen molar-refractivity contribution in [3.05, 3.63) is 23.9 Å². The predicted octanol–water partition coefficient (Wildman–Crippen LogP) is 1.83. The molecule has 94 valence electrons. The van der Waals surface area contributed by atoms with E-state index < -0.39 is 5.97 Å². The molecule has 1 amide bonds. The number of anilines is 1. The van der Waals surface area contributed by atoms with E-state index in [1.807, 2.05) is 0 Å². The number of carboxylic acids is 1. The Kier molecular flexibility index (Phi) is 2.93. The zero-order chi connectivity index (χ0) is 13.3. The van der Waals surface area contributed by atoms with Crippen LogP contribution in [0.2, 0.25) is 0 Å². The third-order valence-electron chi connectivity index (χ3n) is 2.52. The van der Waals surface area contributed by atoms with Crippen LogP contribution in [0.1, 0.15) is 17.4 Å². The van der Waals surface area contributed by atoms with E-state index in [1.165, 1.54) is 14.0 Å². The first-order valence-electron chi connectivity index (χ1n) is 5.24. The first kappa shape index (κ1) is 12.0. The van der Waals surface area contributed by atoms with Crippen LogP contribution >= 0.6 is 0 Å². The van der Waals surface area contributed by atoms with E-state index >= 15 is 0 Å². The first-order valence-corrected chi connectivity index (χ1v) is 5.24. The minimum atomic E-state index is -1.14. The summed E-state index contributed by atoms with van der Waals surface area (Å²) in [5, 5.41) is 12.2. The lowest BCUT2D eigenvalue weighted by molar-refractivity contribution is -0.114. The molecule has 2 rings (SSSR count). The number of aromatic nitrogens is 1. The molecule has 0 aliphatic rings. The molecule has 0 saturated heterocycles. The van der Waals surface area contributed by atoms with Crippen LogP contribution in [0.3, 0.4) is 0 Å². The molecule has 6 nitrogen and oxygen atoms in total. The van der Waals surface area contributed by atoms with E-state index in [1.54, 1.807) is 18.2 Å². The average molecular weight is 248 g/mol. The number of hydrogen-bond acceptors (Lipinski definition) is 3. The summed E-state index contributed by atoms with van der Waals surface area (Å²) in [6.45, 7) is 1.32. The number of aromatic carboxylic acids is 1. The molecule has 3 N–H and O–H groups in total. The zero-order valence-corrected chi connectivity index (χ0v) is 9.90. The van der Waals surface area contributed by atoms with Gasteiger partial charge in [-0.3, -0.25) is 4.79 Å². The third kappa shape index (κ3) is 1.88. The summed E-state index contributed by atoms with van der Waals surface area (Å²) in [6.07, 6.45) is 0. The lowest BCUT2D eigenvalue weighted by atomic mass is 10.2. The van der Waals surface area contributed by atoms with E-state index in [0.29, 0.717) is 16.7 Å². The molecule has 0 saturated carbocycles. The second-order valence-electron chi connectivity index (χ2n) is 3.74. The molecule has 2 aromatic rings. The zero-order valence-electron chi connectivity index (χ0n) is 9.90. The number of rotatable bonds is 3. The number of nitrogens with one attached hydrogen (secondary N) is 2. The molecule has 18 heavy (non-hydrogen) atoms. The van der Waals surface area contributed by atoms with Crippen molar-refractivity contribution in [3.8, 4) is 5.75 Å². The quantitative estimate of drug-likeness (QED) is 0.772. The van der Waals surface area contributed by atoms with Crippen LogP contribution in [0.25, 0.3) is 10.9 Å². The number of hydrogen-bond donors (Lipinski definition) is 3. The van der Waals surface area contributed by atoms with E-state index in [9.17, 15) is 9.59 Å². The van der Waals surface area contributed by atoms with E-state index in [0.717, 1.165) is 0 Å². The molecule has 1 aromatic heterocycles. The Morgan fingerprint density at radius 2 is 2.11 bits per heavy atom. The fraction of sp³-hybridized carbons (Fsp3) is 0.167. The Labute approximate surface area is 103 Å². The van der Waals surface area contributed by atoms with Gasteiger partial charge in [-0.15, -0.1) is 0 Å². The van der Waals surface area contributed by atoms with E-state index in [-0.39, 0.29) is 17.3 Å². The minimum Gasteiger partial charge on any atom is -0.496 e. The summed E-state index contributed by atoms with van der Waals surface area (Å²) < 4.78 is 5.18. The van der Waals surface area contributed by atoms with Crippen LogP contribution < -0.4 is 10.1 Å². The summed E-state index contributed by atoms with van der Waals surface area (Å²) in [7, 11) is 1.49. The highest BCUT2D eigenvalue weighted by Gasteiger charge is 2.20. The van der Waals surface area contributed by atoms with Gasteiger partial charge >= 0.3 is 5.97 Å². The maximum Gasteiger partial charge on any atom is 0.354 e. The van der Waals surface area contributed by atoms with Gasteiger partial charge in [-0.1, -0.05) is 6.07 Å². The molecule has 0 unspecified atom stereocenters. The lowest BCUT2D eigenvalue weighted by Gasteiger charge is -2.05. The maximum absolute atomic E-state index is 11.2. The number of carbonyl (C=O) groups excluding carboxylic acids is 1. The standard InChI is InChI=1S/C12H12N2O4/c1-6(15)13-10-9-7(14-11(10)12(16)17)4-3-5-8(9)18-2/h3-5,14H,1-2H3,(H,13,15)(H,16,17). The summed E-state index contributed by atoms with van der Waals surface area (Å²) >= 11 is 0. The van der Waals surface area contributed by atoms with Gasteiger partial charge in [0.15, 0.2) is 0 Å². The van der Waals surface area contributed by atoms with Crippen LogP contribution in [-0.2, 0) is 4.79 Å². The van der Waals surface area contributed by atoms with E-state index in [4.69, 9.17) is 9.84 Å². The first-order chi connectivity index (χ1) is 8.54. The largest absolute Gasteiger partial charge is 0.496 e. The van der Waals surface area contributed by atoms with Crippen LogP contribution in [0.4, 0.5) is 5.69 Å². The Hall–Kier alpha value is -2.50. The molecule has 0 atom stereocenters. The molecule has 1 heterocycles. The van der Waals surface area contributed by atoms with Crippen molar-refractivity contribution in [3.63, 3.8) is 0 Å². The Balaban J connectivity index is 2.78. The SMILES string of the molecule is COc1cccc2[nH]c(C(=O)O)c(NC(C)=O)c12. The van der Waals surface area contributed by atoms with Crippen molar-refractivity contribution >= 4 is 28.5 Å². The van der Waals surface area contributed by atoms with Crippen LogP contribution in [0, 0.1) is 0 Å². The van der Waals surface area contributed by atoms with Crippen molar-refractivity contribution in [2.75, 3.05) is 12.4 Å². The highest BCUT2D eigenvalue weighted by molar-refractivity contribution is 6.12. The summed E-state index contributed by atoms with van der Waals surface area (Å²) in [5.74, 6) is -0.985. The molecule has 6 heteroatoms. The highest BCUT2D eigenvalue weighted by Crippen LogP contribution is 2.35. The summed E-state index contributed by atoms with van der Waals surface area (Å²) in [5.41, 5.74) is 0.752. The van der Waals surface area contributed by atoms with Crippen molar-refractivity contribution in [2.45, 2.75) is 6.92 Å². The molecule has 0 fully saturated rings. The lowest BCUT2D eigenvalue weighted by Crippen LogP contribution is -2.10. The van der Waals surface area contributed by atoms with Gasteiger partial charge in [-0.25, -0.2) is 4.79 Å². The van der Waals surface area contributed by atoms with Crippen molar-refractivity contribution < 1.29 is 19.4 Å². The number of ether oxygens (including phenoxy) is 1. The van der Waals surface area contributed by atoms with Crippen LogP contribution in [-0.4, -0.2) is 29.1 Å². The average Bonchev–Trinajstić information content (AvgIpc) is 2.67. The highest BCUT2D eigenvalue weighted by atomic mass is 16.5. The van der Waals surface area contributed by atoms with Gasteiger partial charge in [0.1, 0.15) is 11.4 Å². The number of carboxylic acid groups (broad SMARTS) is 1. The summed E-state index contributed by atoms with van der Waals surface area (Å²) in [6, 6.07) is 5.16. The molecular formula is C12H12N2O4. The van der Waals surface area contributed by atoms with Crippen LogP contribution in [0.5, 0.6) is 5.75 Å². The monoisotopic (exact) mass is 248 g/mol. The Morgan fingerprint density at radius 1 is 1.39 bits per heavy atom. The normalized spacial score (nSPS) is 10.3. The molecule has 1 aromatic carbocycles. The number of H-pyrrole nitrogens is 1. The molecule has 0 aliphatic carbocycles. The van der Waals surface area contributed by atoms with Crippen molar-refractivity contribution in [1.29, 1.82) is 0 Å². The minimum absolute atomic E-state index is 0.0651. The third-order valence-corrected chi connectivity index (χ3v) is 2.52. The maximum atomic E-state index is 11.2. The topological polar surface area (TPSA) is 91.4 Å². The van der Waals surface area contributed by atoms with Gasteiger partial charge in [0.25, 0.3) is 0 Å².